The fourth-order valence-corrected chi connectivity index (χ4v) is 3.98. The third kappa shape index (κ3) is 6.37. The molecule has 1 atom stereocenters. The molecule has 0 bridgehead atoms. The minimum Gasteiger partial charge on any atom is -0.494 e. The van der Waals surface area contributed by atoms with Crippen LogP contribution in [0.15, 0.2) is 29.1 Å². The van der Waals surface area contributed by atoms with Crippen LogP contribution in [0.4, 0.5) is 0 Å². The van der Waals surface area contributed by atoms with Gasteiger partial charge >= 0.3 is 0 Å². The first-order valence-electron chi connectivity index (χ1n) is 11.5. The van der Waals surface area contributed by atoms with Gasteiger partial charge in [-0.1, -0.05) is 13.3 Å². The Hall–Kier alpha value is -2.82. The molecule has 0 aliphatic rings. The Balaban J connectivity index is 1.96. The number of ether oxygens (including phenoxy) is 2. The molecular formula is C23H34N6O4. The second-order valence-electron chi connectivity index (χ2n) is 7.91. The minimum absolute atomic E-state index is 0.0652. The van der Waals surface area contributed by atoms with Gasteiger partial charge < -0.3 is 19.6 Å². The molecule has 10 heteroatoms. The third-order valence-electron chi connectivity index (χ3n) is 5.55. The van der Waals surface area contributed by atoms with E-state index in [1.165, 1.54) is 0 Å². The third-order valence-corrected chi connectivity index (χ3v) is 5.55. The average molecular weight is 459 g/mol. The minimum atomic E-state index is -0.130. The number of H-pyrrole nitrogens is 1. The van der Waals surface area contributed by atoms with Gasteiger partial charge in [0.25, 0.3) is 5.56 Å². The molecule has 0 spiro atoms. The summed E-state index contributed by atoms with van der Waals surface area (Å²) < 4.78 is 12.6. The number of methoxy groups -OCH3 is 1. The van der Waals surface area contributed by atoms with Crippen LogP contribution in [0.5, 0.6) is 5.75 Å². The number of aliphatic hydroxyl groups is 1. The molecule has 33 heavy (non-hydrogen) atoms. The molecule has 2 aromatic heterocycles. The first-order valence-corrected chi connectivity index (χ1v) is 11.5. The van der Waals surface area contributed by atoms with Gasteiger partial charge in [0, 0.05) is 43.3 Å². The smallest absolute Gasteiger partial charge is 0.252 e. The monoisotopic (exact) mass is 458 g/mol. The van der Waals surface area contributed by atoms with Crippen molar-refractivity contribution in [1.29, 1.82) is 0 Å². The zero-order chi connectivity index (χ0) is 23.6. The van der Waals surface area contributed by atoms with Gasteiger partial charge in [0.05, 0.1) is 25.8 Å². The Bertz CT molecular complexity index is 1070. The largest absolute Gasteiger partial charge is 0.494 e. The zero-order valence-electron chi connectivity index (χ0n) is 19.7. The van der Waals surface area contributed by atoms with Crippen molar-refractivity contribution in [3.8, 4) is 5.75 Å². The summed E-state index contributed by atoms with van der Waals surface area (Å²) in [5, 5.41) is 22.7. The number of nitrogens with one attached hydrogen (secondary N) is 1. The summed E-state index contributed by atoms with van der Waals surface area (Å²) in [7, 11) is 1.64. The maximum absolute atomic E-state index is 12.9. The molecule has 2 N–H and O–H groups in total. The lowest BCUT2D eigenvalue weighted by atomic mass is 10.1. The van der Waals surface area contributed by atoms with Crippen molar-refractivity contribution in [1.82, 2.24) is 30.1 Å². The number of aliphatic hydroxyl groups excluding tert-OH is 1. The number of aromatic nitrogens is 5. The maximum Gasteiger partial charge on any atom is 0.252 e. The average Bonchev–Trinajstić information content (AvgIpc) is 3.28. The van der Waals surface area contributed by atoms with Crippen molar-refractivity contribution < 1.29 is 14.6 Å². The van der Waals surface area contributed by atoms with Crippen LogP contribution >= 0.6 is 0 Å². The summed E-state index contributed by atoms with van der Waals surface area (Å²) in [5.74, 6) is 1.50. The molecule has 3 rings (SSSR count). The van der Waals surface area contributed by atoms with E-state index in [1.54, 1.807) is 11.8 Å². The summed E-state index contributed by atoms with van der Waals surface area (Å²) in [6.45, 7) is 6.75. The van der Waals surface area contributed by atoms with E-state index in [0.717, 1.165) is 35.3 Å². The van der Waals surface area contributed by atoms with Gasteiger partial charge in [0.1, 0.15) is 5.75 Å². The standard InChI is InChI=1S/C23H34N6O4/c1-4-7-21(22-25-26-27-29(22)11-13-32-3)28(10-6-12-30)16-18-14-17-15-19(33-5-2)8-9-20(17)24-23(18)31/h8-9,14-15,21,30H,4-7,10-13,16H2,1-3H3,(H,24,31)/t21-/m1/s1. The van der Waals surface area contributed by atoms with E-state index < -0.39 is 0 Å². The highest BCUT2D eigenvalue weighted by molar-refractivity contribution is 5.80. The molecule has 0 aliphatic carbocycles. The molecule has 0 saturated heterocycles. The Labute approximate surface area is 193 Å². The number of tetrazole rings is 1. The number of pyridine rings is 1. The van der Waals surface area contributed by atoms with Gasteiger partial charge in [-0.15, -0.1) is 5.10 Å². The fraction of sp³-hybridized carbons (Fsp3) is 0.565. The van der Waals surface area contributed by atoms with Gasteiger partial charge in [-0.2, -0.15) is 0 Å². The van der Waals surface area contributed by atoms with E-state index in [2.05, 4.69) is 32.3 Å². The first kappa shape index (κ1) is 24.8. The molecular weight excluding hydrogens is 424 g/mol. The van der Waals surface area contributed by atoms with E-state index >= 15 is 0 Å². The van der Waals surface area contributed by atoms with Gasteiger partial charge in [-0.3, -0.25) is 9.69 Å². The quantitative estimate of drug-likeness (QED) is 0.378. The molecule has 0 aliphatic heterocycles. The number of rotatable bonds is 14. The number of hydrogen-bond donors (Lipinski definition) is 2. The van der Waals surface area contributed by atoms with Crippen LogP contribution in [-0.4, -0.2) is 68.7 Å². The Morgan fingerprint density at radius 1 is 1.27 bits per heavy atom. The molecule has 0 fully saturated rings. The Kier molecular flexibility index (Phi) is 9.35. The molecule has 0 amide bonds. The molecule has 1 aromatic carbocycles. The van der Waals surface area contributed by atoms with E-state index in [0.29, 0.717) is 44.8 Å². The molecule has 10 nitrogen and oxygen atoms in total. The molecule has 0 saturated carbocycles. The lowest BCUT2D eigenvalue weighted by Gasteiger charge is -2.30. The summed E-state index contributed by atoms with van der Waals surface area (Å²) >= 11 is 0. The Morgan fingerprint density at radius 2 is 2.12 bits per heavy atom. The molecule has 180 valence electrons. The maximum atomic E-state index is 12.9. The van der Waals surface area contributed by atoms with Crippen molar-refractivity contribution in [2.75, 3.05) is 33.5 Å². The number of fused-ring (bicyclic) bond motifs is 1. The first-order chi connectivity index (χ1) is 16.1. The highest BCUT2D eigenvalue weighted by atomic mass is 16.5. The zero-order valence-corrected chi connectivity index (χ0v) is 19.7. The van der Waals surface area contributed by atoms with Crippen LogP contribution < -0.4 is 10.3 Å². The van der Waals surface area contributed by atoms with Crippen molar-refractivity contribution in [3.05, 3.63) is 46.0 Å². The second kappa shape index (κ2) is 12.4. The van der Waals surface area contributed by atoms with Gasteiger partial charge in [0.2, 0.25) is 0 Å². The highest BCUT2D eigenvalue weighted by Crippen LogP contribution is 2.26. The predicted octanol–water partition coefficient (Wildman–Crippen LogP) is 2.29. The van der Waals surface area contributed by atoms with Crippen molar-refractivity contribution in [2.24, 2.45) is 0 Å². The number of hydrogen-bond acceptors (Lipinski definition) is 8. The number of aromatic amines is 1. The SMILES string of the molecule is CCC[C@H](c1nnnn1CCOC)N(CCCO)Cc1cc2cc(OCC)ccc2[nH]c1=O. The van der Waals surface area contributed by atoms with E-state index in [1.807, 2.05) is 31.2 Å². The van der Waals surface area contributed by atoms with Gasteiger partial charge in [-0.05, 0) is 54.5 Å². The van der Waals surface area contributed by atoms with Crippen LogP contribution in [0.25, 0.3) is 10.9 Å². The summed E-state index contributed by atoms with van der Waals surface area (Å²) in [6, 6.07) is 7.47. The van der Waals surface area contributed by atoms with Crippen molar-refractivity contribution in [2.45, 2.75) is 52.2 Å². The summed E-state index contributed by atoms with van der Waals surface area (Å²) in [4.78, 5) is 18.1. The Morgan fingerprint density at radius 3 is 2.85 bits per heavy atom. The normalized spacial score (nSPS) is 12.5. The van der Waals surface area contributed by atoms with E-state index in [-0.39, 0.29) is 18.2 Å². The highest BCUT2D eigenvalue weighted by Gasteiger charge is 2.26. The van der Waals surface area contributed by atoms with Crippen LogP contribution in [0, 0.1) is 0 Å². The molecule has 0 radical (unpaired) electrons. The molecule has 3 aromatic rings. The van der Waals surface area contributed by atoms with E-state index in [9.17, 15) is 9.90 Å². The summed E-state index contributed by atoms with van der Waals surface area (Å²) in [6.07, 6.45) is 2.32. The van der Waals surface area contributed by atoms with Crippen LogP contribution in [0.2, 0.25) is 0 Å². The second-order valence-corrected chi connectivity index (χ2v) is 7.91. The lowest BCUT2D eigenvalue weighted by molar-refractivity contribution is 0.141. The topological polar surface area (TPSA) is 118 Å². The van der Waals surface area contributed by atoms with Crippen LogP contribution in [-0.2, 0) is 17.8 Å². The van der Waals surface area contributed by atoms with Crippen LogP contribution in [0.3, 0.4) is 0 Å². The van der Waals surface area contributed by atoms with Crippen molar-refractivity contribution in [3.63, 3.8) is 0 Å². The van der Waals surface area contributed by atoms with Gasteiger partial charge in [0.15, 0.2) is 5.82 Å². The molecule has 2 heterocycles. The number of benzene rings is 1. The fourth-order valence-electron chi connectivity index (χ4n) is 3.98. The lowest BCUT2D eigenvalue weighted by Crippen LogP contribution is -2.34. The van der Waals surface area contributed by atoms with Crippen molar-refractivity contribution >= 4 is 10.9 Å². The van der Waals surface area contributed by atoms with E-state index in [4.69, 9.17) is 9.47 Å². The number of nitrogens with zero attached hydrogens (tertiary/aromatic N) is 5. The predicted molar refractivity (Wildman–Crippen MR) is 125 cm³/mol. The summed E-state index contributed by atoms with van der Waals surface area (Å²) in [5.41, 5.74) is 1.28. The van der Waals surface area contributed by atoms with Gasteiger partial charge in [-0.25, -0.2) is 4.68 Å². The molecule has 0 unspecified atom stereocenters. The van der Waals surface area contributed by atoms with Crippen LogP contribution in [0.1, 0.15) is 50.5 Å².